The minimum absolute atomic E-state index is 0.0252. The SMILES string of the molecule is COc1cccc2cc(-c3nn4cc(C(=O)N5CCCC(N)C5)cc(OC)c4c3C)n(CC3CC3)c12. The molecule has 36 heavy (non-hydrogen) atoms. The third-order valence-electron chi connectivity index (χ3n) is 7.62. The smallest absolute Gasteiger partial charge is 0.255 e. The Hall–Kier alpha value is -3.52. The zero-order chi connectivity index (χ0) is 25.0. The van der Waals surface area contributed by atoms with Crippen molar-refractivity contribution in [1.82, 2.24) is 19.1 Å². The monoisotopic (exact) mass is 487 g/mol. The number of ether oxygens (including phenoxy) is 2. The summed E-state index contributed by atoms with van der Waals surface area (Å²) in [5, 5.41) is 6.14. The van der Waals surface area contributed by atoms with Crippen LogP contribution in [0.4, 0.5) is 0 Å². The van der Waals surface area contributed by atoms with E-state index in [-0.39, 0.29) is 11.9 Å². The van der Waals surface area contributed by atoms with E-state index in [1.54, 1.807) is 18.7 Å². The highest BCUT2D eigenvalue weighted by Gasteiger charge is 2.28. The molecular weight excluding hydrogens is 454 g/mol. The molecule has 3 aromatic heterocycles. The quantitative estimate of drug-likeness (QED) is 0.439. The number of para-hydroxylation sites is 1. The lowest BCUT2D eigenvalue weighted by atomic mass is 10.1. The number of benzene rings is 1. The second-order valence-corrected chi connectivity index (χ2v) is 10.2. The summed E-state index contributed by atoms with van der Waals surface area (Å²) in [5.74, 6) is 2.15. The number of hydrogen-bond acceptors (Lipinski definition) is 5. The van der Waals surface area contributed by atoms with Crippen molar-refractivity contribution < 1.29 is 14.3 Å². The number of methoxy groups -OCH3 is 2. The maximum absolute atomic E-state index is 13.3. The van der Waals surface area contributed by atoms with Gasteiger partial charge in [0.15, 0.2) is 0 Å². The summed E-state index contributed by atoms with van der Waals surface area (Å²) < 4.78 is 15.7. The number of nitrogens with two attached hydrogens (primary N) is 1. The van der Waals surface area contributed by atoms with Crippen molar-refractivity contribution in [3.05, 3.63) is 47.7 Å². The summed E-state index contributed by atoms with van der Waals surface area (Å²) >= 11 is 0. The Morgan fingerprint density at radius 1 is 1.11 bits per heavy atom. The maximum Gasteiger partial charge on any atom is 0.255 e. The Labute approximate surface area is 210 Å². The van der Waals surface area contributed by atoms with Crippen LogP contribution in [-0.2, 0) is 6.54 Å². The van der Waals surface area contributed by atoms with E-state index in [4.69, 9.17) is 20.3 Å². The lowest BCUT2D eigenvalue weighted by molar-refractivity contribution is 0.0708. The Kier molecular flexibility index (Phi) is 5.63. The maximum atomic E-state index is 13.3. The molecule has 2 N–H and O–H groups in total. The van der Waals surface area contributed by atoms with E-state index in [1.165, 1.54) is 12.8 Å². The van der Waals surface area contributed by atoms with Gasteiger partial charge < -0.3 is 24.7 Å². The predicted octanol–water partition coefficient (Wildman–Crippen LogP) is 4.25. The summed E-state index contributed by atoms with van der Waals surface area (Å²) in [6, 6.07) is 10.2. The molecule has 6 rings (SSSR count). The second kappa shape index (κ2) is 8.85. The second-order valence-electron chi connectivity index (χ2n) is 10.2. The minimum Gasteiger partial charge on any atom is -0.495 e. The standard InChI is InChI=1S/C28H33N5O3/c1-17-25(22-12-19-6-4-8-23(35-2)27(19)32(22)14-18-9-10-18)30-33-15-20(13-24(36-3)26(17)33)28(34)31-11-5-7-21(29)16-31/h4,6,8,12-13,15,18,21H,5,7,9-11,14,16,29H2,1-3H3. The molecular formula is C28H33N5O3. The molecule has 1 aliphatic heterocycles. The highest BCUT2D eigenvalue weighted by atomic mass is 16.5. The molecule has 2 aliphatic rings. The van der Waals surface area contributed by atoms with Gasteiger partial charge in [-0.3, -0.25) is 4.79 Å². The van der Waals surface area contributed by atoms with E-state index < -0.39 is 0 Å². The van der Waals surface area contributed by atoms with Crippen LogP contribution >= 0.6 is 0 Å². The number of piperidine rings is 1. The molecule has 8 nitrogen and oxygen atoms in total. The van der Waals surface area contributed by atoms with Crippen LogP contribution in [0, 0.1) is 12.8 Å². The predicted molar refractivity (Wildman–Crippen MR) is 140 cm³/mol. The van der Waals surface area contributed by atoms with Gasteiger partial charge in [0.1, 0.15) is 22.7 Å². The molecule has 0 radical (unpaired) electrons. The molecule has 8 heteroatoms. The van der Waals surface area contributed by atoms with Crippen molar-refractivity contribution in [2.24, 2.45) is 11.7 Å². The lowest BCUT2D eigenvalue weighted by Gasteiger charge is -2.30. The molecule has 1 aliphatic carbocycles. The first-order chi connectivity index (χ1) is 17.5. The number of aryl methyl sites for hydroxylation is 1. The van der Waals surface area contributed by atoms with Crippen molar-refractivity contribution in [3.63, 3.8) is 0 Å². The largest absolute Gasteiger partial charge is 0.495 e. The Bertz CT molecular complexity index is 1470. The first kappa shape index (κ1) is 22.9. The molecule has 0 bridgehead atoms. The zero-order valence-corrected chi connectivity index (χ0v) is 21.2. The molecule has 4 aromatic rings. The number of rotatable bonds is 6. The van der Waals surface area contributed by atoms with E-state index in [2.05, 4.69) is 23.6 Å². The Morgan fingerprint density at radius 2 is 1.92 bits per heavy atom. The van der Waals surface area contributed by atoms with Crippen LogP contribution in [-0.4, -0.2) is 58.3 Å². The van der Waals surface area contributed by atoms with Crippen LogP contribution in [0.15, 0.2) is 36.5 Å². The van der Waals surface area contributed by atoms with Gasteiger partial charge in [0.2, 0.25) is 0 Å². The Balaban J connectivity index is 1.50. The number of amides is 1. The molecule has 1 atom stereocenters. The molecule has 1 saturated heterocycles. The molecule has 4 heterocycles. The highest BCUT2D eigenvalue weighted by molar-refractivity contribution is 5.96. The third kappa shape index (κ3) is 3.80. The van der Waals surface area contributed by atoms with Crippen LogP contribution < -0.4 is 15.2 Å². The summed E-state index contributed by atoms with van der Waals surface area (Å²) in [7, 11) is 3.36. The van der Waals surface area contributed by atoms with Gasteiger partial charge in [-0.2, -0.15) is 5.10 Å². The van der Waals surface area contributed by atoms with E-state index in [0.29, 0.717) is 23.8 Å². The molecule has 1 amide bonds. The van der Waals surface area contributed by atoms with Crippen molar-refractivity contribution in [2.75, 3.05) is 27.3 Å². The number of pyridine rings is 1. The van der Waals surface area contributed by atoms with Crippen LogP contribution in [0.5, 0.6) is 11.5 Å². The van der Waals surface area contributed by atoms with Gasteiger partial charge in [0.05, 0.1) is 31.0 Å². The molecule has 0 spiro atoms. The van der Waals surface area contributed by atoms with Crippen molar-refractivity contribution in [1.29, 1.82) is 0 Å². The van der Waals surface area contributed by atoms with Gasteiger partial charge in [0, 0.05) is 42.8 Å². The van der Waals surface area contributed by atoms with Crippen molar-refractivity contribution in [2.45, 2.75) is 45.2 Å². The number of hydrogen-bond donors (Lipinski definition) is 1. The summed E-state index contributed by atoms with van der Waals surface area (Å²) in [5.41, 5.74) is 11.6. The average molecular weight is 488 g/mol. The summed E-state index contributed by atoms with van der Waals surface area (Å²) in [6.45, 7) is 4.30. The fraction of sp³-hybridized carbons (Fsp3) is 0.429. The van der Waals surface area contributed by atoms with Crippen LogP contribution in [0.2, 0.25) is 0 Å². The Morgan fingerprint density at radius 3 is 2.64 bits per heavy atom. The molecule has 188 valence electrons. The van der Waals surface area contributed by atoms with Gasteiger partial charge in [-0.25, -0.2) is 4.52 Å². The van der Waals surface area contributed by atoms with E-state index in [1.807, 2.05) is 29.3 Å². The first-order valence-electron chi connectivity index (χ1n) is 12.8. The number of aromatic nitrogens is 3. The average Bonchev–Trinajstić information content (AvgIpc) is 3.55. The van der Waals surface area contributed by atoms with Gasteiger partial charge in [-0.05, 0) is 56.7 Å². The topological polar surface area (TPSA) is 87.0 Å². The molecule has 1 unspecified atom stereocenters. The van der Waals surface area contributed by atoms with E-state index >= 15 is 0 Å². The van der Waals surface area contributed by atoms with Crippen LogP contribution in [0.25, 0.3) is 27.8 Å². The van der Waals surface area contributed by atoms with E-state index in [9.17, 15) is 4.79 Å². The van der Waals surface area contributed by atoms with Gasteiger partial charge in [0.25, 0.3) is 5.91 Å². The van der Waals surface area contributed by atoms with Crippen LogP contribution in [0.1, 0.15) is 41.6 Å². The minimum atomic E-state index is -0.0346. The van der Waals surface area contributed by atoms with Crippen molar-refractivity contribution in [3.8, 4) is 22.9 Å². The highest BCUT2D eigenvalue weighted by Crippen LogP contribution is 2.40. The summed E-state index contributed by atoms with van der Waals surface area (Å²) in [6.07, 6.45) is 6.20. The van der Waals surface area contributed by atoms with Crippen LogP contribution in [0.3, 0.4) is 0 Å². The van der Waals surface area contributed by atoms with E-state index in [0.717, 1.165) is 65.1 Å². The van der Waals surface area contributed by atoms with Gasteiger partial charge >= 0.3 is 0 Å². The fourth-order valence-electron chi connectivity index (χ4n) is 5.58. The van der Waals surface area contributed by atoms with Gasteiger partial charge in [-0.15, -0.1) is 0 Å². The lowest BCUT2D eigenvalue weighted by Crippen LogP contribution is -2.45. The number of fused-ring (bicyclic) bond motifs is 2. The fourth-order valence-corrected chi connectivity index (χ4v) is 5.58. The van der Waals surface area contributed by atoms with Gasteiger partial charge in [-0.1, -0.05) is 12.1 Å². The number of carbonyl (C=O) groups excluding carboxylic acids is 1. The molecule has 1 saturated carbocycles. The first-order valence-corrected chi connectivity index (χ1v) is 12.8. The number of nitrogens with zero attached hydrogens (tertiary/aromatic N) is 4. The zero-order valence-electron chi connectivity index (χ0n) is 21.2. The summed E-state index contributed by atoms with van der Waals surface area (Å²) in [4.78, 5) is 15.2. The van der Waals surface area contributed by atoms with Crippen molar-refractivity contribution >= 4 is 22.3 Å². The normalized spacial score (nSPS) is 18.2. The molecule has 2 fully saturated rings. The molecule has 1 aromatic carbocycles. The number of carbonyl (C=O) groups is 1. The number of likely N-dealkylation sites (tertiary alicyclic amines) is 1. The third-order valence-corrected chi connectivity index (χ3v) is 7.62.